The summed E-state index contributed by atoms with van der Waals surface area (Å²) >= 11 is 0. The summed E-state index contributed by atoms with van der Waals surface area (Å²) in [7, 11) is 0. The van der Waals surface area contributed by atoms with Gasteiger partial charge in [0.15, 0.2) is 6.61 Å². The summed E-state index contributed by atoms with van der Waals surface area (Å²) in [6.07, 6.45) is -3.04. The Hall–Kier alpha value is -4.03. The van der Waals surface area contributed by atoms with Crippen LogP contribution in [0.2, 0.25) is 0 Å². The van der Waals surface area contributed by atoms with E-state index >= 15 is 0 Å². The van der Waals surface area contributed by atoms with Crippen molar-refractivity contribution in [3.05, 3.63) is 59.3 Å². The maximum Gasteiger partial charge on any atom is 0.416 e. The molecule has 33 heavy (non-hydrogen) atoms. The van der Waals surface area contributed by atoms with Gasteiger partial charge in [-0.1, -0.05) is 17.3 Å². The smallest absolute Gasteiger partial charge is 0.416 e. The molecule has 176 valence electrons. The molecule has 10 nitrogen and oxygen atoms in total. The molecular formula is C20H21F3N6O4. The van der Waals surface area contributed by atoms with Gasteiger partial charge in [-0.25, -0.2) is 10.5 Å². The molecule has 13 heteroatoms. The van der Waals surface area contributed by atoms with Gasteiger partial charge in [0.1, 0.15) is 6.61 Å². The van der Waals surface area contributed by atoms with E-state index in [1.54, 1.807) is 19.1 Å². The monoisotopic (exact) mass is 466 g/mol. The summed E-state index contributed by atoms with van der Waals surface area (Å²) in [5.41, 5.74) is 10.5. The number of hydrazone groups is 1. The second kappa shape index (κ2) is 12.1. The predicted octanol–water partition coefficient (Wildman–Crippen LogP) is 3.83. The lowest BCUT2D eigenvalue weighted by Gasteiger charge is -2.08. The summed E-state index contributed by atoms with van der Waals surface area (Å²) in [4.78, 5) is 19.7. The van der Waals surface area contributed by atoms with Crippen LogP contribution >= 0.6 is 0 Å². The van der Waals surface area contributed by atoms with Crippen LogP contribution in [0.1, 0.15) is 30.0 Å². The molecule has 0 amide bonds. The molecule has 1 aromatic heterocycles. The molecular weight excluding hydrogens is 445 g/mol. The third kappa shape index (κ3) is 8.93. The summed E-state index contributed by atoms with van der Waals surface area (Å²) in [6.45, 7) is 1.61. The van der Waals surface area contributed by atoms with E-state index in [9.17, 15) is 18.0 Å². The second-order valence-corrected chi connectivity index (χ2v) is 6.51. The fraction of sp³-hybridized carbons (Fsp3) is 0.300. The first-order valence-electron chi connectivity index (χ1n) is 9.49. The van der Waals surface area contributed by atoms with Gasteiger partial charge in [0.05, 0.1) is 17.7 Å². The number of pyridine rings is 1. The van der Waals surface area contributed by atoms with Gasteiger partial charge in [0.25, 0.3) is 0 Å². The van der Waals surface area contributed by atoms with E-state index in [0.717, 1.165) is 12.1 Å². The number of rotatable bonds is 11. The highest BCUT2D eigenvalue weighted by atomic mass is 19.4. The number of nitrogens with zero attached hydrogens (tertiary/aromatic N) is 4. The molecule has 0 fully saturated rings. The third-order valence-electron chi connectivity index (χ3n) is 4.01. The van der Waals surface area contributed by atoms with Gasteiger partial charge in [0, 0.05) is 24.4 Å². The third-order valence-corrected chi connectivity index (χ3v) is 4.01. The van der Waals surface area contributed by atoms with E-state index in [4.69, 9.17) is 20.2 Å². The van der Waals surface area contributed by atoms with Crippen LogP contribution in [0.4, 0.5) is 13.2 Å². The molecule has 0 aliphatic heterocycles. The molecule has 0 spiro atoms. The molecule has 2 rings (SSSR count). The number of carbonyl (C=O) groups is 1. The zero-order chi connectivity index (χ0) is 24.3. The number of oxime groups is 1. The van der Waals surface area contributed by atoms with Gasteiger partial charge < -0.3 is 20.1 Å². The lowest BCUT2D eigenvalue weighted by molar-refractivity contribution is -0.138. The average Bonchev–Trinajstić information content (AvgIpc) is 2.78. The lowest BCUT2D eigenvalue weighted by atomic mass is 10.1. The quantitative estimate of drug-likeness (QED) is 0.151. The molecule has 1 aromatic carbocycles. The normalized spacial score (nSPS) is 12.2. The van der Waals surface area contributed by atoms with Crippen molar-refractivity contribution in [1.82, 2.24) is 10.4 Å². The number of hydrogen-bond donors (Lipinski definition) is 3. The van der Waals surface area contributed by atoms with E-state index in [1.165, 1.54) is 18.3 Å². The summed E-state index contributed by atoms with van der Waals surface area (Å²) in [5.74, 6) is -0.744. The van der Waals surface area contributed by atoms with Gasteiger partial charge in [-0.3, -0.25) is 4.79 Å². The topological polar surface area (TPSA) is 142 Å². The SMILES string of the molecule is C/C(=N\OCc1ccc(C(F)(F)F)cc1)c1ccc(OC/C(N=N)=N/NCCC(=O)O)nc1. The summed E-state index contributed by atoms with van der Waals surface area (Å²) < 4.78 is 43.1. The highest BCUT2D eigenvalue weighted by Gasteiger charge is 2.29. The lowest BCUT2D eigenvalue weighted by Crippen LogP contribution is -2.17. The molecule has 1 heterocycles. The molecule has 0 unspecified atom stereocenters. The fourth-order valence-corrected chi connectivity index (χ4v) is 2.26. The van der Waals surface area contributed by atoms with Crippen molar-refractivity contribution >= 4 is 17.5 Å². The number of hydrogen-bond acceptors (Lipinski definition) is 8. The van der Waals surface area contributed by atoms with Crippen molar-refractivity contribution in [2.75, 3.05) is 13.2 Å². The molecule has 0 saturated heterocycles. The Morgan fingerprint density at radius 1 is 1.21 bits per heavy atom. The number of ether oxygens (including phenoxy) is 1. The first kappa shape index (κ1) is 25.2. The molecule has 0 bridgehead atoms. The Balaban J connectivity index is 1.84. The minimum absolute atomic E-state index is 0.000625. The zero-order valence-corrected chi connectivity index (χ0v) is 17.5. The first-order valence-corrected chi connectivity index (χ1v) is 9.49. The van der Waals surface area contributed by atoms with Crippen molar-refractivity contribution in [2.45, 2.75) is 26.1 Å². The Bertz CT molecular complexity index is 992. The van der Waals surface area contributed by atoms with Crippen LogP contribution in [-0.4, -0.2) is 40.8 Å². The molecule has 0 aliphatic carbocycles. The van der Waals surface area contributed by atoms with E-state index in [2.05, 4.69) is 25.8 Å². The van der Waals surface area contributed by atoms with Crippen molar-refractivity contribution in [1.29, 1.82) is 5.53 Å². The van der Waals surface area contributed by atoms with Crippen LogP contribution < -0.4 is 10.2 Å². The summed E-state index contributed by atoms with van der Waals surface area (Å²) in [5, 5.41) is 19.4. The number of nitrogens with one attached hydrogen (secondary N) is 2. The van der Waals surface area contributed by atoms with Crippen molar-refractivity contribution in [2.24, 2.45) is 15.4 Å². The standard InChI is InChI=1S/C20H21F3N6O4/c1-13(29-33-11-14-2-5-16(6-3-14)20(21,22)23)15-4-7-18(25-10-15)32-12-17(27-24)28-26-9-8-19(30)31/h2-7,10,24,26H,8-9,11-12H2,1H3,(H,30,31)/b27-24?,28-17-,29-13+. The highest BCUT2D eigenvalue weighted by Crippen LogP contribution is 2.29. The number of amidine groups is 1. The van der Waals surface area contributed by atoms with Crippen LogP contribution in [0, 0.1) is 5.53 Å². The van der Waals surface area contributed by atoms with Crippen molar-refractivity contribution in [3.8, 4) is 5.88 Å². The van der Waals surface area contributed by atoms with Gasteiger partial charge >= 0.3 is 12.1 Å². The van der Waals surface area contributed by atoms with Crippen molar-refractivity contribution in [3.63, 3.8) is 0 Å². The number of alkyl halides is 3. The average molecular weight is 466 g/mol. The van der Waals surface area contributed by atoms with Crippen LogP contribution in [0.25, 0.3) is 0 Å². The molecule has 0 saturated carbocycles. The van der Waals surface area contributed by atoms with Crippen LogP contribution in [0.15, 0.2) is 58.0 Å². The molecule has 0 radical (unpaired) electrons. The molecule has 3 N–H and O–H groups in total. The maximum atomic E-state index is 12.6. The highest BCUT2D eigenvalue weighted by molar-refractivity contribution is 5.98. The van der Waals surface area contributed by atoms with Gasteiger partial charge in [-0.05, 0) is 30.7 Å². The number of benzene rings is 1. The summed E-state index contributed by atoms with van der Waals surface area (Å²) in [6, 6.07) is 7.84. The van der Waals surface area contributed by atoms with E-state index in [-0.39, 0.29) is 37.9 Å². The van der Waals surface area contributed by atoms with Gasteiger partial charge in [0.2, 0.25) is 11.7 Å². The number of aliphatic carboxylic acids is 1. The molecule has 0 aliphatic rings. The van der Waals surface area contributed by atoms with Crippen LogP contribution in [-0.2, 0) is 22.4 Å². The first-order chi connectivity index (χ1) is 15.7. The Morgan fingerprint density at radius 2 is 1.94 bits per heavy atom. The van der Waals surface area contributed by atoms with Crippen molar-refractivity contribution < 1.29 is 32.6 Å². The maximum absolute atomic E-state index is 12.6. The van der Waals surface area contributed by atoms with E-state index in [1.807, 2.05) is 0 Å². The number of carboxylic acid groups (broad SMARTS) is 1. The van der Waals surface area contributed by atoms with E-state index in [0.29, 0.717) is 16.8 Å². The fourth-order valence-electron chi connectivity index (χ4n) is 2.26. The Labute approximate surface area is 186 Å². The Kier molecular flexibility index (Phi) is 9.27. The van der Waals surface area contributed by atoms with E-state index < -0.39 is 17.7 Å². The second-order valence-electron chi connectivity index (χ2n) is 6.51. The predicted molar refractivity (Wildman–Crippen MR) is 111 cm³/mol. The number of halogens is 3. The minimum Gasteiger partial charge on any atom is -0.481 e. The largest absolute Gasteiger partial charge is 0.481 e. The van der Waals surface area contributed by atoms with Crippen LogP contribution in [0.5, 0.6) is 5.88 Å². The minimum atomic E-state index is -4.39. The molecule has 0 atom stereocenters. The number of aromatic nitrogens is 1. The zero-order valence-electron chi connectivity index (χ0n) is 17.5. The number of carboxylic acids is 1. The van der Waals surface area contributed by atoms with Gasteiger partial charge in [-0.2, -0.15) is 18.3 Å². The Morgan fingerprint density at radius 3 is 2.52 bits per heavy atom. The van der Waals surface area contributed by atoms with Crippen LogP contribution in [0.3, 0.4) is 0 Å². The van der Waals surface area contributed by atoms with Gasteiger partial charge in [-0.15, -0.1) is 5.11 Å². The molecule has 2 aromatic rings.